The van der Waals surface area contributed by atoms with E-state index in [0.717, 1.165) is 29.6 Å². The Morgan fingerprint density at radius 2 is 1.44 bits per heavy atom. The zero-order valence-corrected chi connectivity index (χ0v) is 12.9. The van der Waals surface area contributed by atoms with Crippen molar-refractivity contribution < 1.29 is 0 Å². The van der Waals surface area contributed by atoms with Gasteiger partial charge >= 0.3 is 0 Å². The van der Waals surface area contributed by atoms with Gasteiger partial charge in [0.25, 0.3) is 0 Å². The summed E-state index contributed by atoms with van der Waals surface area (Å²) in [5.41, 5.74) is 7.16. The second kappa shape index (κ2) is 5.53. The molecule has 0 bridgehead atoms. The minimum Gasteiger partial charge on any atom is -0.325 e. The van der Waals surface area contributed by atoms with Crippen LogP contribution in [-0.2, 0) is 0 Å². The van der Waals surface area contributed by atoms with Crippen molar-refractivity contribution >= 4 is 0 Å². The highest BCUT2D eigenvalue weighted by Crippen LogP contribution is 2.48. The van der Waals surface area contributed by atoms with Crippen LogP contribution in [0.5, 0.6) is 0 Å². The summed E-state index contributed by atoms with van der Waals surface area (Å²) in [5.74, 6) is 4.07. The largest absolute Gasteiger partial charge is 0.325 e. The molecular weight excluding hydrogens is 218 g/mol. The topological polar surface area (TPSA) is 26.0 Å². The third-order valence-corrected chi connectivity index (χ3v) is 5.94. The molecule has 2 rings (SSSR count). The molecule has 0 aromatic carbocycles. The van der Waals surface area contributed by atoms with E-state index < -0.39 is 0 Å². The standard InChI is InChI=1S/C17H33N/c1-12(2)16-10-7-14(4)11-17(16,18)15-8-5-13(3)6-9-15/h12-16H,5-11,18H2,1-4H3. The molecule has 0 saturated heterocycles. The number of nitrogens with two attached hydrogens (primary N) is 1. The smallest absolute Gasteiger partial charge is 0.0216 e. The summed E-state index contributed by atoms with van der Waals surface area (Å²) in [7, 11) is 0. The van der Waals surface area contributed by atoms with E-state index in [0.29, 0.717) is 0 Å². The summed E-state index contributed by atoms with van der Waals surface area (Å²) in [5, 5.41) is 0. The molecule has 3 unspecified atom stereocenters. The van der Waals surface area contributed by atoms with Gasteiger partial charge in [0.1, 0.15) is 0 Å². The Morgan fingerprint density at radius 1 is 0.889 bits per heavy atom. The summed E-state index contributed by atoms with van der Waals surface area (Å²) >= 11 is 0. The molecule has 0 aromatic heterocycles. The highest BCUT2D eigenvalue weighted by Gasteiger charge is 2.46. The lowest BCUT2D eigenvalue weighted by Crippen LogP contribution is -2.58. The van der Waals surface area contributed by atoms with Gasteiger partial charge in [0.2, 0.25) is 0 Å². The summed E-state index contributed by atoms with van der Waals surface area (Å²) in [4.78, 5) is 0. The minimum absolute atomic E-state index is 0.145. The van der Waals surface area contributed by atoms with E-state index in [-0.39, 0.29) is 5.54 Å². The minimum atomic E-state index is 0.145. The maximum absolute atomic E-state index is 7.01. The van der Waals surface area contributed by atoms with Gasteiger partial charge in [-0.1, -0.05) is 47.0 Å². The predicted molar refractivity (Wildman–Crippen MR) is 79.4 cm³/mol. The Hall–Kier alpha value is -0.0400. The summed E-state index contributed by atoms with van der Waals surface area (Å²) in [6.07, 6.45) is 9.61. The van der Waals surface area contributed by atoms with Crippen LogP contribution in [0.3, 0.4) is 0 Å². The van der Waals surface area contributed by atoms with Crippen LogP contribution in [0.2, 0.25) is 0 Å². The van der Waals surface area contributed by atoms with Crippen LogP contribution in [-0.4, -0.2) is 5.54 Å². The predicted octanol–water partition coefficient (Wildman–Crippen LogP) is 4.60. The molecule has 0 radical (unpaired) electrons. The third kappa shape index (κ3) is 2.76. The molecule has 0 amide bonds. The van der Waals surface area contributed by atoms with Crippen LogP contribution in [0, 0.1) is 29.6 Å². The van der Waals surface area contributed by atoms with E-state index >= 15 is 0 Å². The van der Waals surface area contributed by atoms with E-state index in [9.17, 15) is 0 Å². The van der Waals surface area contributed by atoms with E-state index in [1.54, 1.807) is 0 Å². The highest BCUT2D eigenvalue weighted by molar-refractivity contribution is 5.02. The zero-order chi connectivity index (χ0) is 13.3. The van der Waals surface area contributed by atoms with Gasteiger partial charge in [0.15, 0.2) is 0 Å². The van der Waals surface area contributed by atoms with Crippen LogP contribution in [0.1, 0.15) is 72.6 Å². The van der Waals surface area contributed by atoms with Crippen molar-refractivity contribution in [3.05, 3.63) is 0 Å². The van der Waals surface area contributed by atoms with Gasteiger partial charge in [0.05, 0.1) is 0 Å². The maximum Gasteiger partial charge on any atom is 0.0216 e. The molecule has 0 aliphatic heterocycles. The highest BCUT2D eigenvalue weighted by atomic mass is 14.8. The molecule has 2 saturated carbocycles. The van der Waals surface area contributed by atoms with Crippen molar-refractivity contribution in [2.24, 2.45) is 35.3 Å². The van der Waals surface area contributed by atoms with Gasteiger partial charge in [-0.3, -0.25) is 0 Å². The average Bonchev–Trinajstić information content (AvgIpc) is 2.28. The van der Waals surface area contributed by atoms with Gasteiger partial charge < -0.3 is 5.73 Å². The Morgan fingerprint density at radius 3 is 2.00 bits per heavy atom. The Labute approximate surface area is 114 Å². The average molecular weight is 251 g/mol. The molecule has 106 valence electrons. The van der Waals surface area contributed by atoms with Crippen LogP contribution in [0.15, 0.2) is 0 Å². The molecule has 3 atom stereocenters. The van der Waals surface area contributed by atoms with Crippen molar-refractivity contribution in [3.63, 3.8) is 0 Å². The number of hydrogen-bond donors (Lipinski definition) is 1. The first-order valence-electron chi connectivity index (χ1n) is 8.22. The fourth-order valence-electron chi connectivity index (χ4n) is 4.81. The van der Waals surface area contributed by atoms with Gasteiger partial charge in [-0.15, -0.1) is 0 Å². The molecule has 0 heterocycles. The van der Waals surface area contributed by atoms with Crippen LogP contribution in [0.25, 0.3) is 0 Å². The van der Waals surface area contributed by atoms with E-state index in [1.807, 2.05) is 0 Å². The van der Waals surface area contributed by atoms with Crippen LogP contribution in [0.4, 0.5) is 0 Å². The zero-order valence-electron chi connectivity index (χ0n) is 12.9. The quantitative estimate of drug-likeness (QED) is 0.762. The first-order valence-corrected chi connectivity index (χ1v) is 8.22. The van der Waals surface area contributed by atoms with Gasteiger partial charge in [-0.2, -0.15) is 0 Å². The third-order valence-electron chi connectivity index (χ3n) is 5.94. The van der Waals surface area contributed by atoms with Gasteiger partial charge in [0, 0.05) is 5.54 Å². The normalized spacial score (nSPS) is 46.3. The molecule has 2 aliphatic carbocycles. The SMILES string of the molecule is CC1CCC(C2(N)CC(C)CCC2C(C)C)CC1. The van der Waals surface area contributed by atoms with E-state index in [4.69, 9.17) is 5.73 Å². The molecule has 0 aromatic rings. The van der Waals surface area contributed by atoms with Crippen LogP contribution < -0.4 is 5.73 Å². The van der Waals surface area contributed by atoms with Gasteiger partial charge in [-0.05, 0) is 55.3 Å². The molecule has 2 N–H and O–H groups in total. The molecule has 0 spiro atoms. The molecule has 2 aliphatic rings. The number of rotatable bonds is 2. The fraction of sp³-hybridized carbons (Fsp3) is 1.00. The Bertz CT molecular complexity index is 265. The van der Waals surface area contributed by atoms with Crippen molar-refractivity contribution in [3.8, 4) is 0 Å². The lowest BCUT2D eigenvalue weighted by molar-refractivity contribution is 0.0343. The molecular formula is C17H33N. The molecule has 18 heavy (non-hydrogen) atoms. The second-order valence-electron chi connectivity index (χ2n) is 7.81. The second-order valence-corrected chi connectivity index (χ2v) is 7.81. The summed E-state index contributed by atoms with van der Waals surface area (Å²) < 4.78 is 0. The first kappa shape index (κ1) is 14.4. The summed E-state index contributed by atoms with van der Waals surface area (Å²) in [6.45, 7) is 9.58. The maximum atomic E-state index is 7.01. The first-order chi connectivity index (χ1) is 8.43. The lowest BCUT2D eigenvalue weighted by atomic mass is 9.57. The Balaban J connectivity index is 2.13. The van der Waals surface area contributed by atoms with Crippen LogP contribution >= 0.6 is 0 Å². The van der Waals surface area contributed by atoms with Crippen molar-refractivity contribution in [2.45, 2.75) is 78.2 Å². The van der Waals surface area contributed by atoms with Crippen molar-refractivity contribution in [2.75, 3.05) is 0 Å². The Kier molecular flexibility index (Phi) is 4.41. The molecule has 2 fully saturated rings. The summed E-state index contributed by atoms with van der Waals surface area (Å²) in [6, 6.07) is 0. The monoisotopic (exact) mass is 251 g/mol. The fourth-order valence-corrected chi connectivity index (χ4v) is 4.81. The van der Waals surface area contributed by atoms with E-state index in [2.05, 4.69) is 27.7 Å². The molecule has 1 nitrogen and oxygen atoms in total. The van der Waals surface area contributed by atoms with Crippen molar-refractivity contribution in [1.82, 2.24) is 0 Å². The number of hydrogen-bond acceptors (Lipinski definition) is 1. The lowest BCUT2D eigenvalue weighted by Gasteiger charge is -2.52. The molecule has 1 heteroatoms. The van der Waals surface area contributed by atoms with Crippen molar-refractivity contribution in [1.29, 1.82) is 0 Å². The van der Waals surface area contributed by atoms with Gasteiger partial charge in [-0.25, -0.2) is 0 Å². The van der Waals surface area contributed by atoms with E-state index in [1.165, 1.54) is 44.9 Å².